The van der Waals surface area contributed by atoms with E-state index in [0.29, 0.717) is 0 Å². The molecule has 3 N–H and O–H groups in total. The molecular formula is C72H63N3O15. The quantitative estimate of drug-likeness (QED) is 0.0378. The molecule has 9 aromatic rings. The van der Waals surface area contributed by atoms with Gasteiger partial charge in [0.15, 0.2) is 52.6 Å². The van der Waals surface area contributed by atoms with E-state index >= 15 is 0 Å². The highest BCUT2D eigenvalue weighted by molar-refractivity contribution is 6.02. The van der Waals surface area contributed by atoms with Gasteiger partial charge in [0.2, 0.25) is 0 Å². The van der Waals surface area contributed by atoms with Gasteiger partial charge in [-0.15, -0.1) is 0 Å². The molecule has 1 heterocycles. The first kappa shape index (κ1) is 61.7. The van der Waals surface area contributed by atoms with Crippen molar-refractivity contribution < 1.29 is 71.4 Å². The number of ether oxygens (including phenoxy) is 9. The van der Waals surface area contributed by atoms with E-state index in [1.54, 1.807) is 36.4 Å². The van der Waals surface area contributed by atoms with Crippen LogP contribution in [0.4, 0.5) is 0 Å². The molecule has 0 aliphatic carbocycles. The Kier molecular flexibility index (Phi) is 21.5. The van der Waals surface area contributed by atoms with Crippen LogP contribution in [0.5, 0.6) is 34.5 Å². The van der Waals surface area contributed by atoms with Crippen LogP contribution < -0.4 is 44.4 Å². The number of carbonyl (C=O) groups excluding carboxylic acids is 6. The fourth-order valence-corrected chi connectivity index (χ4v) is 9.28. The number of benzene rings is 9. The molecule has 90 heavy (non-hydrogen) atoms. The summed E-state index contributed by atoms with van der Waals surface area (Å²) in [7, 11) is 0. The summed E-state index contributed by atoms with van der Waals surface area (Å²) < 4.78 is 54.8. The average Bonchev–Trinajstić information content (AvgIpc) is 1.59. The van der Waals surface area contributed by atoms with Crippen molar-refractivity contribution in [3.8, 4) is 34.5 Å². The predicted octanol–water partition coefficient (Wildman–Crippen LogP) is 10.5. The SMILES string of the molecule is O=C(N[C@H]1COC(=O)[C@@H](NC(=O)c2cccc(OCc3ccccc3)c2OCc2ccccc2)COC(=O)[C@@H](NC(=O)c2cccc(OCc3ccccc3)c2OCc2ccccc2)COC1=O)c1cccc(OCc2ccccc2)c1OCc1ccccc1. The van der Waals surface area contributed by atoms with Gasteiger partial charge in [0.05, 0.1) is 16.7 Å². The zero-order valence-electron chi connectivity index (χ0n) is 48.7. The highest BCUT2D eigenvalue weighted by Crippen LogP contribution is 2.36. The maximum Gasteiger partial charge on any atom is 0.332 e. The Morgan fingerprint density at radius 3 is 0.722 bits per heavy atom. The van der Waals surface area contributed by atoms with Gasteiger partial charge in [-0.1, -0.05) is 200 Å². The van der Waals surface area contributed by atoms with Crippen molar-refractivity contribution in [1.29, 1.82) is 0 Å². The summed E-state index contributed by atoms with van der Waals surface area (Å²) in [6.45, 7) is -2.20. The maximum absolute atomic E-state index is 14.7. The Morgan fingerprint density at radius 2 is 0.500 bits per heavy atom. The second-order valence-electron chi connectivity index (χ2n) is 20.5. The topological polar surface area (TPSA) is 222 Å². The summed E-state index contributed by atoms with van der Waals surface area (Å²) in [5, 5.41) is 7.87. The van der Waals surface area contributed by atoms with Gasteiger partial charge in [-0.05, 0) is 69.8 Å². The van der Waals surface area contributed by atoms with E-state index in [0.717, 1.165) is 33.4 Å². The molecule has 0 saturated carbocycles. The minimum absolute atomic E-state index is 0.0174. The first-order valence-corrected chi connectivity index (χ1v) is 28.9. The Bertz CT molecular complexity index is 3460. The second kappa shape index (κ2) is 31.3. The Balaban J connectivity index is 0.952. The number of nitrogens with one attached hydrogen (secondary N) is 3. The third kappa shape index (κ3) is 17.2. The van der Waals surface area contributed by atoms with Gasteiger partial charge in [0.1, 0.15) is 59.5 Å². The van der Waals surface area contributed by atoms with Crippen molar-refractivity contribution in [1.82, 2.24) is 16.0 Å². The number of cyclic esters (lactones) is 3. The molecule has 1 aliphatic heterocycles. The highest BCUT2D eigenvalue weighted by atomic mass is 16.6. The van der Waals surface area contributed by atoms with Crippen LogP contribution in [0, 0.1) is 0 Å². The molecule has 0 unspecified atom stereocenters. The third-order valence-electron chi connectivity index (χ3n) is 14.0. The maximum atomic E-state index is 14.7. The Labute approximate surface area is 519 Å². The molecule has 0 bridgehead atoms. The summed E-state index contributed by atoms with van der Waals surface area (Å²) in [6, 6.07) is 64.4. The summed E-state index contributed by atoms with van der Waals surface area (Å²) in [5.74, 6) is -5.50. The van der Waals surface area contributed by atoms with Crippen molar-refractivity contribution in [2.45, 2.75) is 57.8 Å². The minimum atomic E-state index is -1.78. The largest absolute Gasteiger partial charge is 0.485 e. The van der Waals surface area contributed by atoms with Crippen LogP contribution in [-0.4, -0.2) is 73.6 Å². The van der Waals surface area contributed by atoms with Gasteiger partial charge in [0, 0.05) is 0 Å². The lowest BCUT2D eigenvalue weighted by Gasteiger charge is -2.25. The van der Waals surface area contributed by atoms with E-state index in [4.69, 9.17) is 42.6 Å². The molecule has 1 aliphatic rings. The van der Waals surface area contributed by atoms with Crippen LogP contribution >= 0.6 is 0 Å². The lowest BCUT2D eigenvalue weighted by Crippen LogP contribution is -2.52. The van der Waals surface area contributed by atoms with Crippen LogP contribution in [0.2, 0.25) is 0 Å². The average molecular weight is 1210 g/mol. The lowest BCUT2D eigenvalue weighted by atomic mass is 10.1. The zero-order chi connectivity index (χ0) is 62.3. The van der Waals surface area contributed by atoms with Crippen molar-refractivity contribution in [2.75, 3.05) is 19.8 Å². The Hall–Kier alpha value is -11.4. The number of rotatable bonds is 24. The van der Waals surface area contributed by atoms with Crippen molar-refractivity contribution >= 4 is 35.6 Å². The van der Waals surface area contributed by atoms with E-state index in [9.17, 15) is 28.8 Å². The smallest absolute Gasteiger partial charge is 0.332 e. The van der Waals surface area contributed by atoms with Crippen molar-refractivity contribution in [3.63, 3.8) is 0 Å². The monoisotopic (exact) mass is 1210 g/mol. The molecule has 9 aromatic carbocycles. The van der Waals surface area contributed by atoms with Crippen molar-refractivity contribution in [3.05, 3.63) is 287 Å². The fraction of sp³-hybridized carbons (Fsp3) is 0.167. The van der Waals surface area contributed by atoms with Crippen LogP contribution in [0.25, 0.3) is 0 Å². The van der Waals surface area contributed by atoms with Gasteiger partial charge in [-0.2, -0.15) is 0 Å². The Morgan fingerprint density at radius 1 is 0.289 bits per heavy atom. The molecule has 3 atom stereocenters. The normalized spacial score (nSPS) is 14.9. The number of carbonyl (C=O) groups is 6. The fourth-order valence-electron chi connectivity index (χ4n) is 9.28. The zero-order valence-corrected chi connectivity index (χ0v) is 48.7. The molecule has 18 heteroatoms. The van der Waals surface area contributed by atoms with Gasteiger partial charge in [0.25, 0.3) is 17.7 Å². The number of hydrogen-bond acceptors (Lipinski definition) is 15. The van der Waals surface area contributed by atoms with E-state index < -0.39 is 73.6 Å². The first-order chi connectivity index (χ1) is 44.1. The summed E-state index contributed by atoms with van der Waals surface area (Å²) in [4.78, 5) is 87.5. The lowest BCUT2D eigenvalue weighted by molar-refractivity contribution is -0.160. The summed E-state index contributed by atoms with van der Waals surface area (Å²) in [5.41, 5.74) is 4.63. The molecule has 456 valence electrons. The molecule has 0 radical (unpaired) electrons. The van der Waals surface area contributed by atoms with Crippen LogP contribution in [0.1, 0.15) is 64.5 Å². The second-order valence-corrected chi connectivity index (χ2v) is 20.5. The third-order valence-corrected chi connectivity index (χ3v) is 14.0. The number of esters is 3. The summed E-state index contributed by atoms with van der Waals surface area (Å²) in [6.07, 6.45) is 0. The van der Waals surface area contributed by atoms with Crippen molar-refractivity contribution in [2.24, 2.45) is 0 Å². The molecule has 1 saturated heterocycles. The standard InChI is InChI=1S/C72H63N3O15/c76-67(55-34-19-37-61(82-40-49-22-7-1-8-23-49)64(55)85-43-52-28-13-4-14-29-52)73-58-46-88-71(80)60(75-69(78)57-36-21-39-63(84-42-51-26-11-3-12-27-51)66(57)87-45-54-32-17-6-18-33-54)48-90-72(81)59(47-89-70(58)79)74-68(77)56-35-20-38-62(83-41-50-24-9-2-10-25-50)65(56)86-44-53-30-15-5-16-31-53/h1-39,58-60H,40-48H2,(H,73,76)(H,74,77)(H,75,78)/t58-,59-,60-/m0/s1. The molecular weight excluding hydrogens is 1150 g/mol. The van der Waals surface area contributed by atoms with Gasteiger partial charge >= 0.3 is 17.9 Å². The molecule has 1 fully saturated rings. The molecule has 0 aromatic heterocycles. The highest BCUT2D eigenvalue weighted by Gasteiger charge is 2.36. The van der Waals surface area contributed by atoms with E-state index in [1.165, 1.54) is 18.2 Å². The molecule has 3 amide bonds. The minimum Gasteiger partial charge on any atom is -0.485 e. The van der Waals surface area contributed by atoms with Gasteiger partial charge < -0.3 is 58.6 Å². The van der Waals surface area contributed by atoms with Crippen LogP contribution in [-0.2, 0) is 68.2 Å². The van der Waals surface area contributed by atoms with Gasteiger partial charge in [-0.25, -0.2) is 14.4 Å². The predicted molar refractivity (Wildman–Crippen MR) is 331 cm³/mol. The first-order valence-electron chi connectivity index (χ1n) is 28.9. The number of amides is 3. The molecule has 18 nitrogen and oxygen atoms in total. The van der Waals surface area contributed by atoms with Gasteiger partial charge in [-0.3, -0.25) is 14.4 Å². The van der Waals surface area contributed by atoms with E-state index in [2.05, 4.69) is 16.0 Å². The molecule has 10 rings (SSSR count). The van der Waals surface area contributed by atoms with E-state index in [-0.39, 0.29) is 90.8 Å². The van der Waals surface area contributed by atoms with Crippen LogP contribution in [0.15, 0.2) is 237 Å². The molecule has 0 spiro atoms. The number of para-hydroxylation sites is 3. The van der Waals surface area contributed by atoms with Crippen LogP contribution in [0.3, 0.4) is 0 Å². The summed E-state index contributed by atoms with van der Waals surface area (Å²) >= 11 is 0. The van der Waals surface area contributed by atoms with E-state index in [1.807, 2.05) is 182 Å². The number of hydrogen-bond donors (Lipinski definition) is 3.